The third kappa shape index (κ3) is 4.64. The van der Waals surface area contributed by atoms with Crippen LogP contribution in [0, 0.1) is 23.7 Å². The number of aromatic nitrogens is 2. The molecule has 0 aliphatic heterocycles. The zero-order valence-electron chi connectivity index (χ0n) is 19.6. The van der Waals surface area contributed by atoms with E-state index in [0.717, 1.165) is 22.6 Å². The van der Waals surface area contributed by atoms with Crippen LogP contribution in [-0.4, -0.2) is 52.7 Å². The molecule has 10 nitrogen and oxygen atoms in total. The van der Waals surface area contributed by atoms with Gasteiger partial charge in [-0.25, -0.2) is 22.7 Å². The van der Waals surface area contributed by atoms with E-state index in [1.807, 2.05) is 0 Å². The molecule has 6 N–H and O–H groups in total. The Kier molecular flexibility index (Phi) is 6.27. The summed E-state index contributed by atoms with van der Waals surface area (Å²) < 4.78 is 28.7. The molecule has 2 heterocycles. The van der Waals surface area contributed by atoms with E-state index < -0.39 is 10.0 Å². The zero-order chi connectivity index (χ0) is 24.8. The van der Waals surface area contributed by atoms with Crippen molar-refractivity contribution in [3.63, 3.8) is 0 Å². The highest BCUT2D eigenvalue weighted by Crippen LogP contribution is 2.57. The molecule has 6 rings (SSSR count). The van der Waals surface area contributed by atoms with Gasteiger partial charge in [0.2, 0.25) is 15.9 Å². The van der Waals surface area contributed by atoms with Crippen molar-refractivity contribution in [2.75, 3.05) is 13.1 Å². The maximum Gasteiger partial charge on any atom is 0.242 e. The van der Waals surface area contributed by atoms with Crippen LogP contribution < -0.4 is 15.8 Å². The maximum absolute atomic E-state index is 12.6. The second-order valence-electron chi connectivity index (χ2n) is 10.4. The molecule has 4 saturated carbocycles. The summed E-state index contributed by atoms with van der Waals surface area (Å²) in [6, 6.07) is 5.32. The summed E-state index contributed by atoms with van der Waals surface area (Å²) >= 11 is 0. The molecule has 0 aromatic carbocycles. The fourth-order valence-corrected chi connectivity index (χ4v) is 7.56. The third-order valence-corrected chi connectivity index (χ3v) is 9.67. The predicted octanol–water partition coefficient (Wildman–Crippen LogP) is 1.61. The van der Waals surface area contributed by atoms with Crippen LogP contribution in [0.15, 0.2) is 35.4 Å². The average Bonchev–Trinajstić information content (AvgIpc) is 3.16. The minimum Gasteiger partial charge on any atom is -0.494 e. The van der Waals surface area contributed by atoms with Crippen LogP contribution in [0.5, 0.6) is 11.8 Å². The molecule has 4 fully saturated rings. The summed E-state index contributed by atoms with van der Waals surface area (Å²) in [5.41, 5.74) is 6.53. The van der Waals surface area contributed by atoms with E-state index >= 15 is 0 Å². The Bertz CT molecular complexity index is 1150. The quantitative estimate of drug-likeness (QED) is 0.325. The second kappa shape index (κ2) is 9.11. The molecule has 190 valence electrons. The summed E-state index contributed by atoms with van der Waals surface area (Å²) in [5, 5.41) is 22.6. The molecule has 2 aromatic rings. The van der Waals surface area contributed by atoms with Gasteiger partial charge < -0.3 is 21.3 Å². The highest BCUT2D eigenvalue weighted by Gasteiger charge is 2.55. The van der Waals surface area contributed by atoms with Gasteiger partial charge in [-0.05, 0) is 74.3 Å². The maximum atomic E-state index is 12.6. The third-order valence-electron chi connectivity index (χ3n) is 8.22. The van der Waals surface area contributed by atoms with Crippen LogP contribution in [-0.2, 0) is 14.8 Å². The topological polar surface area (TPSA) is 160 Å². The lowest BCUT2D eigenvalue weighted by Gasteiger charge is -2.59. The van der Waals surface area contributed by atoms with E-state index in [0.29, 0.717) is 24.8 Å². The number of pyridine rings is 1. The molecule has 0 saturated heterocycles. The number of hydrogen-bond donors (Lipinski definition) is 5. The van der Waals surface area contributed by atoms with Gasteiger partial charge in [-0.15, -0.1) is 0 Å². The van der Waals surface area contributed by atoms with Crippen molar-refractivity contribution in [3.8, 4) is 17.6 Å². The van der Waals surface area contributed by atoms with Crippen molar-refractivity contribution in [1.82, 2.24) is 19.6 Å². The summed E-state index contributed by atoms with van der Waals surface area (Å²) in [6.07, 6.45) is 7.81. The number of carbonyl (C=O) groups excluding carboxylic acids is 1. The highest BCUT2D eigenvalue weighted by molar-refractivity contribution is 7.89. The number of nitrogens with zero attached hydrogens (tertiary/aromatic N) is 2. The van der Waals surface area contributed by atoms with Gasteiger partial charge >= 0.3 is 0 Å². The molecule has 2 aromatic heterocycles. The Morgan fingerprint density at radius 3 is 2.26 bits per heavy atom. The van der Waals surface area contributed by atoms with Crippen LogP contribution in [0.25, 0.3) is 5.82 Å². The predicted molar refractivity (Wildman–Crippen MR) is 128 cm³/mol. The van der Waals surface area contributed by atoms with Gasteiger partial charge in [-0.1, -0.05) is 0 Å². The molecule has 0 unspecified atom stereocenters. The van der Waals surface area contributed by atoms with E-state index in [1.54, 1.807) is 0 Å². The molecule has 11 heteroatoms. The van der Waals surface area contributed by atoms with Crippen molar-refractivity contribution < 1.29 is 23.4 Å². The number of rotatable bonds is 9. The molecule has 1 amide bonds. The van der Waals surface area contributed by atoms with E-state index in [2.05, 4.69) is 15.0 Å². The molecule has 35 heavy (non-hydrogen) atoms. The molecular formula is C24H33N5O5S. The van der Waals surface area contributed by atoms with Crippen molar-refractivity contribution in [1.29, 1.82) is 0 Å². The lowest BCUT2D eigenvalue weighted by atomic mass is 9.49. The number of hydrogen-bond acceptors (Lipinski definition) is 7. The number of nitrogens with one attached hydrogen (secondary N) is 2. The molecular weight excluding hydrogens is 470 g/mol. The number of aromatic hydroxyl groups is 2. The van der Waals surface area contributed by atoms with Gasteiger partial charge in [0.1, 0.15) is 10.7 Å². The van der Waals surface area contributed by atoms with E-state index in [-0.39, 0.29) is 46.9 Å². The number of amides is 1. The largest absolute Gasteiger partial charge is 0.494 e. The van der Waals surface area contributed by atoms with E-state index in [4.69, 9.17) is 5.73 Å². The Hall–Kier alpha value is -2.63. The lowest BCUT2D eigenvalue weighted by Crippen LogP contribution is -2.67. The van der Waals surface area contributed by atoms with Gasteiger partial charge in [0.15, 0.2) is 11.8 Å². The average molecular weight is 504 g/mol. The molecule has 4 aliphatic rings. The first-order chi connectivity index (χ1) is 16.7. The van der Waals surface area contributed by atoms with Crippen molar-refractivity contribution in [3.05, 3.63) is 30.5 Å². The fraction of sp³-hybridized carbons (Fsp3) is 0.583. The Balaban J connectivity index is 1.08. The summed E-state index contributed by atoms with van der Waals surface area (Å²) in [4.78, 5) is 16.4. The van der Waals surface area contributed by atoms with Crippen molar-refractivity contribution >= 4 is 15.9 Å². The molecule has 4 aliphatic carbocycles. The van der Waals surface area contributed by atoms with Crippen LogP contribution in [0.3, 0.4) is 0 Å². The van der Waals surface area contributed by atoms with Gasteiger partial charge in [-0.2, -0.15) is 0 Å². The van der Waals surface area contributed by atoms with Crippen LogP contribution in [0.2, 0.25) is 0 Å². The highest BCUT2D eigenvalue weighted by atomic mass is 32.2. The Labute approximate surface area is 205 Å². The monoisotopic (exact) mass is 503 g/mol. The lowest BCUT2D eigenvalue weighted by molar-refractivity contribution is -0.122. The standard InChI is InChI=1S/C24H33N5O5S/c25-24(17-9-15-8-16(11-17)12-18(24)10-15)14-27-21(30)2-1-7-28-35(33,34)19-3-4-20(26-13-19)29-22(31)5-6-23(29)32/h3-6,13,15-18,28,31-32H,1-2,7-12,14,25H2,(H,27,30). The summed E-state index contributed by atoms with van der Waals surface area (Å²) in [7, 11) is -3.81. The van der Waals surface area contributed by atoms with Crippen LogP contribution in [0.1, 0.15) is 44.9 Å². The van der Waals surface area contributed by atoms with E-state index in [9.17, 15) is 23.4 Å². The molecule has 4 bridgehead atoms. The zero-order valence-corrected chi connectivity index (χ0v) is 20.4. The Morgan fingerprint density at radius 2 is 1.69 bits per heavy atom. The van der Waals surface area contributed by atoms with Crippen molar-refractivity contribution in [2.24, 2.45) is 29.4 Å². The molecule has 0 spiro atoms. The van der Waals surface area contributed by atoms with Crippen molar-refractivity contribution in [2.45, 2.75) is 55.4 Å². The van der Waals surface area contributed by atoms with Crippen LogP contribution >= 0.6 is 0 Å². The minimum atomic E-state index is -3.81. The number of nitrogens with two attached hydrogens (primary N) is 1. The smallest absolute Gasteiger partial charge is 0.242 e. The minimum absolute atomic E-state index is 0.0520. The summed E-state index contributed by atoms with van der Waals surface area (Å²) in [6.45, 7) is 0.607. The second-order valence-corrected chi connectivity index (χ2v) is 12.2. The molecule has 0 radical (unpaired) electrons. The molecule has 0 atom stereocenters. The van der Waals surface area contributed by atoms with Gasteiger partial charge in [0.25, 0.3) is 0 Å². The van der Waals surface area contributed by atoms with E-state index in [1.165, 1.54) is 56.4 Å². The number of sulfonamides is 1. The summed E-state index contributed by atoms with van der Waals surface area (Å²) in [5.74, 6) is 2.26. The van der Waals surface area contributed by atoms with Gasteiger partial charge in [-0.3, -0.25) is 4.79 Å². The first kappa shape index (κ1) is 24.1. The number of carbonyl (C=O) groups is 1. The Morgan fingerprint density at radius 1 is 1.06 bits per heavy atom. The SMILES string of the molecule is NC1(CNC(=O)CCCNS(=O)(=O)c2ccc(-n3c(O)ccc3O)nc2)C2CC3CC(C2)CC1C3. The first-order valence-corrected chi connectivity index (χ1v) is 13.8. The van der Waals surface area contributed by atoms with Crippen LogP contribution in [0.4, 0.5) is 0 Å². The first-order valence-electron chi connectivity index (χ1n) is 12.3. The van der Waals surface area contributed by atoms with Gasteiger partial charge in [0.05, 0.1) is 0 Å². The van der Waals surface area contributed by atoms with Gasteiger partial charge in [0, 0.05) is 43.4 Å². The fourth-order valence-electron chi connectivity index (χ4n) is 6.54. The normalized spacial score (nSPS) is 29.4.